The van der Waals surface area contributed by atoms with Crippen molar-refractivity contribution in [2.75, 3.05) is 20.1 Å². The fourth-order valence-corrected chi connectivity index (χ4v) is 3.52. The van der Waals surface area contributed by atoms with E-state index < -0.39 is 12.3 Å². The van der Waals surface area contributed by atoms with E-state index in [9.17, 15) is 22.8 Å². The molecule has 1 aliphatic rings. The highest BCUT2D eigenvalue weighted by Crippen LogP contribution is 2.24. The van der Waals surface area contributed by atoms with Crippen molar-refractivity contribution < 1.29 is 27.5 Å². The van der Waals surface area contributed by atoms with Crippen molar-refractivity contribution in [2.24, 2.45) is 5.92 Å². The topological polar surface area (TPSA) is 49.9 Å². The molecule has 0 aliphatic carbocycles. The van der Waals surface area contributed by atoms with Gasteiger partial charge in [0.05, 0.1) is 5.92 Å². The number of carbonyl (C=O) groups is 2. The summed E-state index contributed by atoms with van der Waals surface area (Å²) in [6, 6.07) is 15.2. The van der Waals surface area contributed by atoms with Crippen LogP contribution in [-0.2, 0) is 22.6 Å². The van der Waals surface area contributed by atoms with Gasteiger partial charge < -0.3 is 14.5 Å². The third-order valence-corrected chi connectivity index (χ3v) is 5.03. The molecule has 1 saturated heterocycles. The molecule has 1 fully saturated rings. The summed E-state index contributed by atoms with van der Waals surface area (Å²) < 4.78 is 40.6. The Bertz CT molecular complexity index is 869. The number of likely N-dealkylation sites (tertiary alicyclic amines) is 1. The molecule has 0 aromatic heterocycles. The lowest BCUT2D eigenvalue weighted by atomic mass is 10.1. The largest absolute Gasteiger partial charge is 0.573 e. The molecule has 160 valence electrons. The zero-order chi connectivity index (χ0) is 21.7. The fourth-order valence-electron chi connectivity index (χ4n) is 3.52. The molecule has 2 aromatic carbocycles. The van der Waals surface area contributed by atoms with Gasteiger partial charge in [-0.3, -0.25) is 9.59 Å². The zero-order valence-corrected chi connectivity index (χ0v) is 16.6. The number of hydrogen-bond donors (Lipinski definition) is 0. The minimum atomic E-state index is -4.74. The molecule has 2 amide bonds. The van der Waals surface area contributed by atoms with Gasteiger partial charge in [0.25, 0.3) is 0 Å². The van der Waals surface area contributed by atoms with Gasteiger partial charge in [0.2, 0.25) is 11.8 Å². The summed E-state index contributed by atoms with van der Waals surface area (Å²) in [5, 5.41) is 0. The van der Waals surface area contributed by atoms with Crippen molar-refractivity contribution in [1.82, 2.24) is 9.80 Å². The summed E-state index contributed by atoms with van der Waals surface area (Å²) in [5.41, 5.74) is 1.81. The van der Waals surface area contributed by atoms with Crippen LogP contribution in [0.15, 0.2) is 54.6 Å². The molecule has 8 heteroatoms. The van der Waals surface area contributed by atoms with E-state index in [4.69, 9.17) is 0 Å². The smallest absolute Gasteiger partial charge is 0.406 e. The van der Waals surface area contributed by atoms with Crippen LogP contribution in [0.2, 0.25) is 0 Å². The number of hydrogen-bond acceptors (Lipinski definition) is 3. The van der Waals surface area contributed by atoms with Gasteiger partial charge in [-0.05, 0) is 29.7 Å². The van der Waals surface area contributed by atoms with Crippen LogP contribution in [0.3, 0.4) is 0 Å². The Labute approximate surface area is 173 Å². The molecule has 1 aliphatic heterocycles. The van der Waals surface area contributed by atoms with Gasteiger partial charge in [0.1, 0.15) is 5.75 Å². The molecule has 0 radical (unpaired) electrons. The molecule has 1 heterocycles. The van der Waals surface area contributed by atoms with E-state index in [0.29, 0.717) is 18.7 Å². The van der Waals surface area contributed by atoms with E-state index in [1.165, 1.54) is 29.2 Å². The number of amides is 2. The molecular formula is C22H23F3N2O3. The quantitative estimate of drug-likeness (QED) is 0.687. The summed E-state index contributed by atoms with van der Waals surface area (Å²) in [5.74, 6) is -0.908. The van der Waals surface area contributed by atoms with E-state index in [1.807, 2.05) is 30.3 Å². The molecule has 0 saturated carbocycles. The number of ether oxygens (including phenoxy) is 1. The van der Waals surface area contributed by atoms with Gasteiger partial charge in [0.15, 0.2) is 0 Å². The van der Waals surface area contributed by atoms with Crippen molar-refractivity contribution in [3.8, 4) is 5.75 Å². The third kappa shape index (κ3) is 5.98. The number of alkyl halides is 3. The Hall–Kier alpha value is -3.03. The van der Waals surface area contributed by atoms with Gasteiger partial charge >= 0.3 is 6.36 Å². The average molecular weight is 420 g/mol. The average Bonchev–Trinajstić information content (AvgIpc) is 3.07. The minimum Gasteiger partial charge on any atom is -0.406 e. The highest BCUT2D eigenvalue weighted by Gasteiger charge is 2.35. The van der Waals surface area contributed by atoms with Gasteiger partial charge in [0, 0.05) is 33.1 Å². The number of halogens is 3. The molecule has 0 N–H and O–H groups in total. The predicted octanol–water partition coefficient (Wildman–Crippen LogP) is 3.63. The summed E-state index contributed by atoms with van der Waals surface area (Å²) in [6.45, 7) is 1.18. The highest BCUT2D eigenvalue weighted by atomic mass is 19.4. The van der Waals surface area contributed by atoms with Crippen LogP contribution in [0, 0.1) is 5.92 Å². The molecular weight excluding hydrogens is 397 g/mol. The van der Waals surface area contributed by atoms with Crippen LogP contribution in [0.25, 0.3) is 0 Å². The first-order valence-electron chi connectivity index (χ1n) is 9.62. The monoisotopic (exact) mass is 420 g/mol. The highest BCUT2D eigenvalue weighted by molar-refractivity contribution is 5.89. The first kappa shape index (κ1) is 21.7. The van der Waals surface area contributed by atoms with Crippen LogP contribution in [0.1, 0.15) is 17.5 Å². The van der Waals surface area contributed by atoms with Crippen LogP contribution in [-0.4, -0.2) is 48.1 Å². The maximum absolute atomic E-state index is 12.7. The molecule has 0 bridgehead atoms. The summed E-state index contributed by atoms with van der Waals surface area (Å²) in [6.07, 6.45) is -3.83. The number of rotatable bonds is 7. The standard InChI is InChI=1S/C22H23F3N2O3/c1-26(14-17-7-9-19(10-8-17)30-22(23,24)25)21(29)18-13-20(28)27(15-18)12-11-16-5-3-2-4-6-16/h2-10,18H,11-15H2,1H3. The predicted molar refractivity (Wildman–Crippen MR) is 104 cm³/mol. The van der Waals surface area contributed by atoms with Gasteiger partial charge in [-0.2, -0.15) is 0 Å². The summed E-state index contributed by atoms with van der Waals surface area (Å²) in [4.78, 5) is 28.2. The molecule has 30 heavy (non-hydrogen) atoms. The lowest BCUT2D eigenvalue weighted by Gasteiger charge is -2.22. The second-order valence-corrected chi connectivity index (χ2v) is 7.36. The fraction of sp³-hybridized carbons (Fsp3) is 0.364. The zero-order valence-electron chi connectivity index (χ0n) is 16.6. The van der Waals surface area contributed by atoms with Crippen LogP contribution < -0.4 is 4.74 Å². The molecule has 5 nitrogen and oxygen atoms in total. The number of carbonyl (C=O) groups excluding carboxylic acids is 2. The Morgan fingerprint density at radius 3 is 2.40 bits per heavy atom. The van der Waals surface area contributed by atoms with Crippen LogP contribution in [0.4, 0.5) is 13.2 Å². The number of benzene rings is 2. The lowest BCUT2D eigenvalue weighted by Crippen LogP contribution is -2.34. The van der Waals surface area contributed by atoms with E-state index in [-0.39, 0.29) is 30.5 Å². The summed E-state index contributed by atoms with van der Waals surface area (Å²) >= 11 is 0. The minimum absolute atomic E-state index is 0.0358. The second kappa shape index (κ2) is 9.19. The van der Waals surface area contributed by atoms with Crippen molar-refractivity contribution in [3.05, 3.63) is 65.7 Å². The normalized spacial score (nSPS) is 16.6. The van der Waals surface area contributed by atoms with Gasteiger partial charge in [-0.1, -0.05) is 42.5 Å². The molecule has 1 unspecified atom stereocenters. The first-order valence-corrected chi connectivity index (χ1v) is 9.62. The lowest BCUT2D eigenvalue weighted by molar-refractivity contribution is -0.274. The van der Waals surface area contributed by atoms with Crippen molar-refractivity contribution in [1.29, 1.82) is 0 Å². The van der Waals surface area contributed by atoms with Crippen LogP contribution in [0.5, 0.6) is 5.75 Å². The van der Waals surface area contributed by atoms with Crippen molar-refractivity contribution in [3.63, 3.8) is 0 Å². The van der Waals surface area contributed by atoms with Gasteiger partial charge in [-0.15, -0.1) is 13.2 Å². The molecule has 2 aromatic rings. The van der Waals surface area contributed by atoms with Crippen molar-refractivity contribution >= 4 is 11.8 Å². The molecule has 1 atom stereocenters. The Balaban J connectivity index is 1.51. The van der Waals surface area contributed by atoms with E-state index in [1.54, 1.807) is 11.9 Å². The van der Waals surface area contributed by atoms with E-state index >= 15 is 0 Å². The van der Waals surface area contributed by atoms with Crippen molar-refractivity contribution in [2.45, 2.75) is 25.7 Å². The number of nitrogens with zero attached hydrogens (tertiary/aromatic N) is 2. The summed E-state index contributed by atoms with van der Waals surface area (Å²) in [7, 11) is 1.62. The SMILES string of the molecule is CN(Cc1ccc(OC(F)(F)F)cc1)C(=O)C1CC(=O)N(CCc2ccccc2)C1. The van der Waals surface area contributed by atoms with Crippen LogP contribution >= 0.6 is 0 Å². The Kier molecular flexibility index (Phi) is 6.64. The first-order chi connectivity index (χ1) is 14.2. The van der Waals surface area contributed by atoms with E-state index in [2.05, 4.69) is 4.74 Å². The maximum Gasteiger partial charge on any atom is 0.573 e. The molecule has 3 rings (SSSR count). The second-order valence-electron chi connectivity index (χ2n) is 7.36. The third-order valence-electron chi connectivity index (χ3n) is 5.03. The van der Waals surface area contributed by atoms with Gasteiger partial charge in [-0.25, -0.2) is 0 Å². The maximum atomic E-state index is 12.7. The Morgan fingerprint density at radius 2 is 1.77 bits per heavy atom. The van der Waals surface area contributed by atoms with E-state index in [0.717, 1.165) is 12.0 Å². The Morgan fingerprint density at radius 1 is 1.10 bits per heavy atom. The molecule has 0 spiro atoms.